The Bertz CT molecular complexity index is 484. The van der Waals surface area contributed by atoms with E-state index in [1.807, 2.05) is 30.3 Å². The van der Waals surface area contributed by atoms with Gasteiger partial charge in [-0.3, -0.25) is 4.68 Å². The summed E-state index contributed by atoms with van der Waals surface area (Å²) in [6.45, 7) is 0. The molecule has 5 nitrogen and oxygen atoms in total. The second-order valence-electron chi connectivity index (χ2n) is 4.14. The smallest absolute Gasteiger partial charge is 0.138 e. The van der Waals surface area contributed by atoms with Crippen LogP contribution in [0.15, 0.2) is 36.7 Å². The van der Waals surface area contributed by atoms with Gasteiger partial charge in [-0.05, 0) is 5.56 Å². The molecule has 2 unspecified atom stereocenters. The van der Waals surface area contributed by atoms with E-state index in [0.29, 0.717) is 6.42 Å². The predicted molar refractivity (Wildman–Crippen MR) is 66.9 cm³/mol. The van der Waals surface area contributed by atoms with E-state index in [9.17, 15) is 5.11 Å². The van der Waals surface area contributed by atoms with E-state index in [4.69, 9.17) is 4.74 Å². The zero-order chi connectivity index (χ0) is 13.0. The Kier molecular flexibility index (Phi) is 4.07. The van der Waals surface area contributed by atoms with E-state index in [2.05, 4.69) is 10.1 Å². The summed E-state index contributed by atoms with van der Waals surface area (Å²) in [6, 6.07) is 9.67. The van der Waals surface area contributed by atoms with Crippen LogP contribution in [0, 0.1) is 0 Å². The van der Waals surface area contributed by atoms with Gasteiger partial charge in [-0.2, -0.15) is 5.10 Å². The van der Waals surface area contributed by atoms with Gasteiger partial charge >= 0.3 is 0 Å². The molecule has 18 heavy (non-hydrogen) atoms. The third-order valence-corrected chi connectivity index (χ3v) is 2.93. The summed E-state index contributed by atoms with van der Waals surface area (Å²) in [5.41, 5.74) is 0.953. The van der Waals surface area contributed by atoms with Crippen molar-refractivity contribution in [3.05, 3.63) is 48.0 Å². The number of hydrogen-bond donors (Lipinski definition) is 1. The van der Waals surface area contributed by atoms with E-state index in [1.54, 1.807) is 18.8 Å². The van der Waals surface area contributed by atoms with Crippen molar-refractivity contribution in [1.29, 1.82) is 0 Å². The summed E-state index contributed by atoms with van der Waals surface area (Å²) in [6.07, 6.45) is 0.874. The van der Waals surface area contributed by atoms with Crippen molar-refractivity contribution in [2.75, 3.05) is 7.11 Å². The predicted octanol–water partition coefficient (Wildman–Crippen LogP) is 1.11. The molecule has 96 valence electrons. The van der Waals surface area contributed by atoms with Gasteiger partial charge in [0.25, 0.3) is 0 Å². The monoisotopic (exact) mass is 247 g/mol. The summed E-state index contributed by atoms with van der Waals surface area (Å²) in [7, 11) is 3.40. The van der Waals surface area contributed by atoms with Crippen LogP contribution in [0.2, 0.25) is 0 Å². The minimum atomic E-state index is -0.653. The highest BCUT2D eigenvalue weighted by molar-refractivity contribution is 5.19. The Morgan fingerprint density at radius 3 is 2.61 bits per heavy atom. The summed E-state index contributed by atoms with van der Waals surface area (Å²) >= 11 is 0. The molecule has 0 saturated heterocycles. The Hall–Kier alpha value is -1.72. The second kappa shape index (κ2) is 5.75. The maximum atomic E-state index is 10.3. The molecule has 2 rings (SSSR count). The fraction of sp³-hybridized carbons (Fsp3) is 0.385. The zero-order valence-corrected chi connectivity index (χ0v) is 10.5. The molecule has 0 fully saturated rings. The van der Waals surface area contributed by atoms with Gasteiger partial charge in [0.2, 0.25) is 0 Å². The highest BCUT2D eigenvalue weighted by Crippen LogP contribution is 2.22. The van der Waals surface area contributed by atoms with Crippen molar-refractivity contribution < 1.29 is 9.84 Å². The number of aliphatic hydroxyl groups is 1. The van der Waals surface area contributed by atoms with Gasteiger partial charge in [-0.1, -0.05) is 30.3 Å². The minimum Gasteiger partial charge on any atom is -0.390 e. The summed E-state index contributed by atoms with van der Waals surface area (Å²) in [5, 5.41) is 14.2. The second-order valence-corrected chi connectivity index (χ2v) is 4.14. The molecule has 1 aromatic heterocycles. The lowest BCUT2D eigenvalue weighted by atomic mass is 10.0. The molecule has 2 aromatic rings. The lowest BCUT2D eigenvalue weighted by Gasteiger charge is -2.21. The molecule has 0 aliphatic heterocycles. The first-order valence-electron chi connectivity index (χ1n) is 5.81. The van der Waals surface area contributed by atoms with Gasteiger partial charge in [0, 0.05) is 20.6 Å². The number of hydrogen-bond acceptors (Lipinski definition) is 4. The third-order valence-electron chi connectivity index (χ3n) is 2.93. The molecule has 0 saturated carbocycles. The summed E-state index contributed by atoms with van der Waals surface area (Å²) < 4.78 is 7.03. The largest absolute Gasteiger partial charge is 0.390 e. The van der Waals surface area contributed by atoms with Gasteiger partial charge in [-0.25, -0.2) is 4.98 Å². The van der Waals surface area contributed by atoms with E-state index in [1.165, 1.54) is 6.33 Å². The number of aryl methyl sites for hydroxylation is 1. The molecule has 5 heteroatoms. The molecule has 0 aliphatic rings. The Balaban J connectivity index is 2.11. The number of methoxy groups -OCH3 is 1. The van der Waals surface area contributed by atoms with Crippen LogP contribution in [0.1, 0.15) is 17.5 Å². The maximum Gasteiger partial charge on any atom is 0.138 e. The van der Waals surface area contributed by atoms with Crippen LogP contribution in [-0.4, -0.2) is 33.1 Å². The van der Waals surface area contributed by atoms with Crippen molar-refractivity contribution in [1.82, 2.24) is 14.8 Å². The minimum absolute atomic E-state index is 0.358. The van der Waals surface area contributed by atoms with Crippen molar-refractivity contribution in [3.8, 4) is 0 Å². The van der Waals surface area contributed by atoms with Crippen molar-refractivity contribution in [3.63, 3.8) is 0 Å². The fourth-order valence-electron chi connectivity index (χ4n) is 1.96. The molecular weight excluding hydrogens is 230 g/mol. The third kappa shape index (κ3) is 2.75. The van der Waals surface area contributed by atoms with Gasteiger partial charge in [0.05, 0.1) is 6.10 Å². The highest BCUT2D eigenvalue weighted by atomic mass is 16.5. The molecule has 0 radical (unpaired) electrons. The fourth-order valence-corrected chi connectivity index (χ4v) is 1.96. The zero-order valence-electron chi connectivity index (χ0n) is 10.5. The molecule has 0 aliphatic carbocycles. The first-order valence-corrected chi connectivity index (χ1v) is 5.81. The Labute approximate surface area is 106 Å². The average Bonchev–Trinajstić information content (AvgIpc) is 2.77. The van der Waals surface area contributed by atoms with Crippen LogP contribution in [0.3, 0.4) is 0 Å². The van der Waals surface area contributed by atoms with Crippen molar-refractivity contribution >= 4 is 0 Å². The number of ether oxygens (including phenoxy) is 1. The number of nitrogens with zero attached hydrogens (tertiary/aromatic N) is 3. The number of benzene rings is 1. The highest BCUT2D eigenvalue weighted by Gasteiger charge is 2.22. The van der Waals surface area contributed by atoms with Crippen molar-refractivity contribution in [2.45, 2.75) is 18.6 Å². The average molecular weight is 247 g/mol. The van der Waals surface area contributed by atoms with Gasteiger partial charge in [-0.15, -0.1) is 0 Å². The molecule has 1 aromatic carbocycles. The van der Waals surface area contributed by atoms with Crippen LogP contribution in [0.25, 0.3) is 0 Å². The van der Waals surface area contributed by atoms with Gasteiger partial charge < -0.3 is 9.84 Å². The quantitative estimate of drug-likeness (QED) is 0.859. The molecule has 0 bridgehead atoms. The van der Waals surface area contributed by atoms with Gasteiger partial charge in [0.1, 0.15) is 18.3 Å². The summed E-state index contributed by atoms with van der Waals surface area (Å²) in [5.74, 6) is 0.737. The Morgan fingerprint density at radius 1 is 1.33 bits per heavy atom. The normalized spacial score (nSPS) is 14.4. The van der Waals surface area contributed by atoms with E-state index in [0.717, 1.165) is 11.4 Å². The van der Waals surface area contributed by atoms with Crippen LogP contribution in [0.4, 0.5) is 0 Å². The van der Waals surface area contributed by atoms with Crippen LogP contribution in [-0.2, 0) is 18.2 Å². The lowest BCUT2D eigenvalue weighted by molar-refractivity contribution is -0.0141. The van der Waals surface area contributed by atoms with E-state index >= 15 is 0 Å². The maximum absolute atomic E-state index is 10.3. The lowest BCUT2D eigenvalue weighted by Crippen LogP contribution is -2.24. The van der Waals surface area contributed by atoms with Crippen LogP contribution in [0.5, 0.6) is 0 Å². The summed E-state index contributed by atoms with van der Waals surface area (Å²) in [4.78, 5) is 4.10. The number of aliphatic hydroxyl groups excluding tert-OH is 1. The molecule has 0 spiro atoms. The van der Waals surface area contributed by atoms with Crippen LogP contribution >= 0.6 is 0 Å². The Morgan fingerprint density at radius 2 is 2.06 bits per heavy atom. The number of rotatable bonds is 5. The van der Waals surface area contributed by atoms with Crippen LogP contribution < -0.4 is 0 Å². The standard InChI is InChI=1S/C13H17N3O2/c1-16-12(14-9-15-16)8-11(17)13(18-2)10-6-4-3-5-7-10/h3-7,9,11,13,17H,8H2,1-2H3. The molecule has 1 N–H and O–H groups in total. The van der Waals surface area contributed by atoms with Gasteiger partial charge in [0.15, 0.2) is 0 Å². The molecular formula is C13H17N3O2. The first-order chi connectivity index (χ1) is 8.72. The first kappa shape index (κ1) is 12.7. The molecule has 0 amide bonds. The number of aromatic nitrogens is 3. The topological polar surface area (TPSA) is 60.2 Å². The molecule has 1 heterocycles. The van der Waals surface area contributed by atoms with Crippen molar-refractivity contribution in [2.24, 2.45) is 7.05 Å². The molecule has 2 atom stereocenters. The van der Waals surface area contributed by atoms with E-state index in [-0.39, 0.29) is 6.10 Å². The SMILES string of the molecule is COC(c1ccccc1)C(O)Cc1ncnn1C. The van der Waals surface area contributed by atoms with E-state index < -0.39 is 6.10 Å².